The minimum Gasteiger partial charge on any atom is -0.398 e. The molecule has 1 aromatic heterocycles. The van der Waals surface area contributed by atoms with Crippen LogP contribution in [0.15, 0.2) is 47.7 Å². The molecular formula is C32H40F6N4O. The molecule has 1 aliphatic heterocycles. The van der Waals surface area contributed by atoms with Crippen LogP contribution in [0.4, 0.5) is 43.5 Å². The lowest BCUT2D eigenvalue weighted by atomic mass is 9.92. The first-order chi connectivity index (χ1) is 20.5. The van der Waals surface area contributed by atoms with Gasteiger partial charge in [-0.1, -0.05) is 5.57 Å². The van der Waals surface area contributed by atoms with E-state index in [9.17, 15) is 26.3 Å². The molecule has 0 amide bonds. The molecule has 1 unspecified atom stereocenters. The monoisotopic (exact) mass is 610 g/mol. The molecule has 43 heavy (non-hydrogen) atoms. The molecule has 2 aromatic rings. The van der Waals surface area contributed by atoms with Crippen LogP contribution >= 0.6 is 0 Å². The Labute approximate surface area is 248 Å². The molecule has 5 nitrogen and oxygen atoms in total. The van der Waals surface area contributed by atoms with Gasteiger partial charge in [-0.2, -0.15) is 26.3 Å². The highest BCUT2D eigenvalue weighted by Gasteiger charge is 2.34. The summed E-state index contributed by atoms with van der Waals surface area (Å²) in [7, 11) is 0. The number of nitrogen functional groups attached to an aromatic ring is 1. The van der Waals surface area contributed by atoms with E-state index in [1.165, 1.54) is 23.3 Å². The zero-order valence-corrected chi connectivity index (χ0v) is 24.2. The number of halogens is 6. The van der Waals surface area contributed by atoms with Crippen LogP contribution in [0.25, 0.3) is 0 Å². The predicted molar refractivity (Wildman–Crippen MR) is 156 cm³/mol. The van der Waals surface area contributed by atoms with E-state index >= 15 is 0 Å². The largest absolute Gasteiger partial charge is 0.418 e. The summed E-state index contributed by atoms with van der Waals surface area (Å²) in [5, 5.41) is 3.24. The third kappa shape index (κ3) is 8.80. The first-order valence-corrected chi connectivity index (χ1v) is 15.3. The van der Waals surface area contributed by atoms with Crippen molar-refractivity contribution in [3.05, 3.63) is 58.8 Å². The first-order valence-electron chi connectivity index (χ1n) is 15.3. The quantitative estimate of drug-likeness (QED) is 0.169. The van der Waals surface area contributed by atoms with Crippen molar-refractivity contribution < 1.29 is 31.1 Å². The number of anilines is 3. The zero-order valence-electron chi connectivity index (χ0n) is 24.2. The number of pyridine rings is 1. The Hall–Kier alpha value is -2.95. The highest BCUT2D eigenvalue weighted by molar-refractivity contribution is 5.58. The third-order valence-electron chi connectivity index (χ3n) is 9.00. The molecule has 1 atom stereocenters. The van der Waals surface area contributed by atoms with Crippen LogP contribution in [0.1, 0.15) is 81.8 Å². The van der Waals surface area contributed by atoms with Crippen molar-refractivity contribution in [1.29, 1.82) is 0 Å². The minimum atomic E-state index is -4.48. The number of alkyl halides is 6. The Balaban J connectivity index is 1.04. The molecule has 0 spiro atoms. The van der Waals surface area contributed by atoms with Gasteiger partial charge < -0.3 is 20.7 Å². The van der Waals surface area contributed by atoms with Gasteiger partial charge in [-0.25, -0.2) is 4.98 Å². The third-order valence-corrected chi connectivity index (χ3v) is 9.00. The van der Waals surface area contributed by atoms with Crippen LogP contribution in [0, 0.1) is 5.92 Å². The van der Waals surface area contributed by atoms with Crippen LogP contribution in [0.2, 0.25) is 0 Å². The molecule has 5 rings (SSSR count). The molecule has 0 bridgehead atoms. The minimum absolute atomic E-state index is 0.0957. The molecule has 1 aromatic carbocycles. The number of hydrogen-bond acceptors (Lipinski definition) is 5. The summed E-state index contributed by atoms with van der Waals surface area (Å²) in [6, 6.07) is 6.66. The second-order valence-electron chi connectivity index (χ2n) is 12.2. The lowest BCUT2D eigenvalue weighted by Gasteiger charge is -2.30. The second-order valence-corrected chi connectivity index (χ2v) is 12.2. The summed E-state index contributed by atoms with van der Waals surface area (Å²) in [5.74, 6) is 1.16. The van der Waals surface area contributed by atoms with Crippen molar-refractivity contribution in [3.63, 3.8) is 0 Å². The average Bonchev–Trinajstić information content (AvgIpc) is 3.82. The van der Waals surface area contributed by atoms with Crippen molar-refractivity contribution >= 4 is 17.2 Å². The average molecular weight is 611 g/mol. The molecule has 0 radical (unpaired) electrons. The van der Waals surface area contributed by atoms with Crippen LogP contribution in [-0.2, 0) is 17.1 Å². The van der Waals surface area contributed by atoms with Gasteiger partial charge in [0, 0.05) is 36.7 Å². The number of allylic oxidation sites excluding steroid dienone is 1. The van der Waals surface area contributed by atoms with E-state index < -0.39 is 23.5 Å². The van der Waals surface area contributed by atoms with Crippen LogP contribution in [0.5, 0.6) is 0 Å². The lowest BCUT2D eigenvalue weighted by molar-refractivity contribution is -0.138. The first kappa shape index (κ1) is 31.5. The number of benzene rings is 1. The number of nitrogens with two attached hydrogens (primary N) is 1. The Bertz CT molecular complexity index is 1250. The number of hydrogen-bond donors (Lipinski definition) is 2. The van der Waals surface area contributed by atoms with E-state index in [1.807, 2.05) is 0 Å². The summed E-state index contributed by atoms with van der Waals surface area (Å²) in [6.45, 7) is 2.22. The SMILES string of the molecule is Nc1ccc(NC2CCC(OCC(CCC3CCCN(c4ccc(C(F)(F)F)cn4)CC3)=C3CC3)CC2)cc1C(F)(F)F. The summed E-state index contributed by atoms with van der Waals surface area (Å²) >= 11 is 0. The number of rotatable bonds is 9. The Kier molecular flexibility index (Phi) is 9.78. The molecule has 3 N–H and O–H groups in total. The maximum absolute atomic E-state index is 13.2. The van der Waals surface area contributed by atoms with E-state index in [4.69, 9.17) is 10.5 Å². The fourth-order valence-electron chi connectivity index (χ4n) is 6.29. The Morgan fingerprint density at radius 1 is 0.930 bits per heavy atom. The van der Waals surface area contributed by atoms with Gasteiger partial charge in [0.25, 0.3) is 0 Å². The molecule has 3 fully saturated rings. The highest BCUT2D eigenvalue weighted by Crippen LogP contribution is 2.38. The predicted octanol–water partition coefficient (Wildman–Crippen LogP) is 8.62. The number of nitrogens with zero attached hydrogens (tertiary/aromatic N) is 2. The topological polar surface area (TPSA) is 63.4 Å². The molecule has 2 saturated carbocycles. The van der Waals surface area contributed by atoms with E-state index in [2.05, 4.69) is 15.2 Å². The normalized spacial score (nSPS) is 23.2. The van der Waals surface area contributed by atoms with Crippen LogP contribution in [0.3, 0.4) is 0 Å². The molecule has 11 heteroatoms. The van der Waals surface area contributed by atoms with Crippen molar-refractivity contribution in [2.24, 2.45) is 5.92 Å². The van der Waals surface area contributed by atoms with Gasteiger partial charge in [0.2, 0.25) is 0 Å². The lowest BCUT2D eigenvalue weighted by Crippen LogP contribution is -2.30. The van der Waals surface area contributed by atoms with Gasteiger partial charge in [0.1, 0.15) is 5.82 Å². The van der Waals surface area contributed by atoms with Gasteiger partial charge in [-0.05, 0) is 112 Å². The van der Waals surface area contributed by atoms with E-state index in [-0.39, 0.29) is 17.8 Å². The van der Waals surface area contributed by atoms with Crippen molar-refractivity contribution in [3.8, 4) is 0 Å². The summed E-state index contributed by atoms with van der Waals surface area (Å²) in [4.78, 5) is 6.18. The fraction of sp³-hybridized carbons (Fsp3) is 0.594. The Morgan fingerprint density at radius 2 is 1.70 bits per heavy atom. The van der Waals surface area contributed by atoms with E-state index in [1.54, 1.807) is 6.07 Å². The second kappa shape index (κ2) is 13.4. The van der Waals surface area contributed by atoms with Crippen molar-refractivity contribution in [1.82, 2.24) is 4.98 Å². The molecular weight excluding hydrogens is 570 g/mol. The van der Waals surface area contributed by atoms with Crippen molar-refractivity contribution in [2.75, 3.05) is 35.6 Å². The zero-order chi connectivity index (χ0) is 30.6. The fourth-order valence-corrected chi connectivity index (χ4v) is 6.29. The molecule has 1 saturated heterocycles. The summed E-state index contributed by atoms with van der Waals surface area (Å²) in [5.41, 5.74) is 7.06. The van der Waals surface area contributed by atoms with Crippen LogP contribution in [-0.4, -0.2) is 36.8 Å². The van der Waals surface area contributed by atoms with Gasteiger partial charge in [-0.15, -0.1) is 0 Å². The summed E-state index contributed by atoms with van der Waals surface area (Å²) < 4.78 is 84.6. The van der Waals surface area contributed by atoms with E-state index in [0.717, 1.165) is 102 Å². The standard InChI is InChI=1S/C32H40F6N4O/c33-31(34,35)24-7-14-30(40-19-24)42-16-1-2-21(15-17-42)3-4-23(22-5-6-22)20-43-27-11-8-25(9-12-27)41-26-10-13-29(39)28(18-26)32(36,37)38/h7,10,13-14,18-19,21,25,27,41H,1-6,8-9,11-12,15-17,20,39H2. The van der Waals surface area contributed by atoms with Gasteiger partial charge in [-0.3, -0.25) is 0 Å². The summed E-state index contributed by atoms with van der Waals surface area (Å²) in [6.07, 6.45) is 3.00. The van der Waals surface area contributed by atoms with Crippen LogP contribution < -0.4 is 16.0 Å². The number of aromatic nitrogens is 1. The molecule has 2 heterocycles. The number of ether oxygens (including phenoxy) is 1. The maximum atomic E-state index is 13.2. The molecule has 2 aliphatic carbocycles. The molecule has 236 valence electrons. The molecule has 3 aliphatic rings. The Morgan fingerprint density at radius 3 is 2.35 bits per heavy atom. The smallest absolute Gasteiger partial charge is 0.398 e. The van der Waals surface area contributed by atoms with E-state index in [0.29, 0.717) is 24.0 Å². The van der Waals surface area contributed by atoms with Gasteiger partial charge in [0.05, 0.1) is 23.8 Å². The van der Waals surface area contributed by atoms with Gasteiger partial charge in [0.15, 0.2) is 0 Å². The maximum Gasteiger partial charge on any atom is 0.418 e. The highest BCUT2D eigenvalue weighted by atomic mass is 19.4. The van der Waals surface area contributed by atoms with Gasteiger partial charge >= 0.3 is 12.4 Å². The number of nitrogens with one attached hydrogen (secondary N) is 1. The van der Waals surface area contributed by atoms with Crippen molar-refractivity contribution in [2.45, 2.75) is 95.1 Å².